The Hall–Kier alpha value is -1.65. The van der Waals surface area contributed by atoms with Crippen LogP contribution in [0.1, 0.15) is 24.9 Å². The minimum absolute atomic E-state index is 0.0714. The molecular weight excluding hydrogens is 282 g/mol. The molecule has 1 heterocycles. The van der Waals surface area contributed by atoms with Crippen LogP contribution in [0.3, 0.4) is 0 Å². The fourth-order valence-electron chi connectivity index (χ4n) is 2.18. The Balaban J connectivity index is 1.77. The van der Waals surface area contributed by atoms with Gasteiger partial charge in [-0.3, -0.25) is 0 Å². The summed E-state index contributed by atoms with van der Waals surface area (Å²) in [7, 11) is 0. The molecule has 0 fully saturated rings. The van der Waals surface area contributed by atoms with Gasteiger partial charge in [0.1, 0.15) is 0 Å². The van der Waals surface area contributed by atoms with Gasteiger partial charge in [0, 0.05) is 22.3 Å². The highest BCUT2D eigenvalue weighted by atomic mass is 32.2. The second-order valence-corrected chi connectivity index (χ2v) is 6.27. The number of ether oxygens (including phenoxy) is 2. The molecule has 2 N–H and O–H groups in total. The first-order valence-corrected chi connectivity index (χ1v) is 7.97. The average molecular weight is 301 g/mol. The zero-order chi connectivity index (χ0) is 14.7. The van der Waals surface area contributed by atoms with Crippen molar-refractivity contribution >= 4 is 11.8 Å². The maximum Gasteiger partial charge on any atom is 0.162 e. The van der Waals surface area contributed by atoms with Gasteiger partial charge >= 0.3 is 0 Å². The van der Waals surface area contributed by atoms with Crippen molar-refractivity contribution in [1.82, 2.24) is 0 Å². The maximum absolute atomic E-state index is 5.87. The minimum atomic E-state index is 0.0714. The van der Waals surface area contributed by atoms with Crippen LogP contribution >= 0.6 is 11.8 Å². The molecule has 1 aliphatic rings. The number of hydrogen-bond acceptors (Lipinski definition) is 4. The summed E-state index contributed by atoms with van der Waals surface area (Å²) >= 11 is 1.71. The zero-order valence-electron chi connectivity index (χ0n) is 12.0. The summed E-state index contributed by atoms with van der Waals surface area (Å²) in [6.07, 6.45) is 0.926. The Kier molecular flexibility index (Phi) is 4.36. The maximum atomic E-state index is 5.87. The molecule has 3 nitrogen and oxygen atoms in total. The van der Waals surface area contributed by atoms with Crippen molar-refractivity contribution in [2.75, 3.05) is 13.2 Å². The summed E-state index contributed by atoms with van der Waals surface area (Å²) in [5.41, 5.74) is 7.02. The summed E-state index contributed by atoms with van der Waals surface area (Å²) in [5, 5.41) is 0. The molecule has 0 radical (unpaired) electrons. The normalized spacial score (nSPS) is 15.3. The molecule has 1 unspecified atom stereocenters. The van der Waals surface area contributed by atoms with Crippen LogP contribution in [-0.2, 0) is 0 Å². The summed E-state index contributed by atoms with van der Waals surface area (Å²) in [4.78, 5) is 2.33. The van der Waals surface area contributed by atoms with Gasteiger partial charge in [0.15, 0.2) is 11.5 Å². The molecule has 2 aromatic carbocycles. The van der Waals surface area contributed by atoms with Gasteiger partial charge in [0.05, 0.1) is 13.2 Å². The summed E-state index contributed by atoms with van der Waals surface area (Å²) < 4.78 is 11.4. The lowest BCUT2D eigenvalue weighted by molar-refractivity contribution is 0.297. The first-order valence-electron chi connectivity index (χ1n) is 7.15. The summed E-state index contributed by atoms with van der Waals surface area (Å²) in [5.74, 6) is 1.67. The van der Waals surface area contributed by atoms with Crippen LogP contribution in [0.4, 0.5) is 0 Å². The SMILES string of the molecule is CC(N)c1ccc(Sc2ccc3c(c2)OCCCO3)cc1. The van der Waals surface area contributed by atoms with Crippen LogP contribution in [0.5, 0.6) is 11.5 Å². The molecule has 0 amide bonds. The van der Waals surface area contributed by atoms with Crippen LogP contribution in [0, 0.1) is 0 Å². The van der Waals surface area contributed by atoms with E-state index in [-0.39, 0.29) is 6.04 Å². The minimum Gasteiger partial charge on any atom is -0.490 e. The number of nitrogens with two attached hydrogens (primary N) is 1. The number of rotatable bonds is 3. The third-order valence-electron chi connectivity index (χ3n) is 3.36. The Morgan fingerprint density at radius 2 is 1.62 bits per heavy atom. The fraction of sp³-hybridized carbons (Fsp3) is 0.294. The molecule has 110 valence electrons. The van der Waals surface area contributed by atoms with E-state index in [1.165, 1.54) is 4.90 Å². The molecule has 0 spiro atoms. The Morgan fingerprint density at radius 1 is 0.952 bits per heavy atom. The molecule has 0 aliphatic carbocycles. The van der Waals surface area contributed by atoms with Gasteiger partial charge in [-0.1, -0.05) is 23.9 Å². The first-order chi connectivity index (χ1) is 10.2. The summed E-state index contributed by atoms with van der Waals surface area (Å²) in [6, 6.07) is 14.5. The molecular formula is C17H19NO2S. The second kappa shape index (κ2) is 6.41. The molecule has 0 saturated carbocycles. The van der Waals surface area contributed by atoms with Gasteiger partial charge in [0.25, 0.3) is 0 Å². The van der Waals surface area contributed by atoms with Gasteiger partial charge in [-0.25, -0.2) is 0 Å². The van der Waals surface area contributed by atoms with Crippen molar-refractivity contribution in [3.8, 4) is 11.5 Å². The Morgan fingerprint density at radius 3 is 2.33 bits per heavy atom. The zero-order valence-corrected chi connectivity index (χ0v) is 12.9. The van der Waals surface area contributed by atoms with Crippen LogP contribution in [0.15, 0.2) is 52.3 Å². The van der Waals surface area contributed by atoms with E-state index in [2.05, 4.69) is 30.3 Å². The Labute approximate surface area is 129 Å². The lowest BCUT2D eigenvalue weighted by Crippen LogP contribution is -2.04. The van der Waals surface area contributed by atoms with Crippen molar-refractivity contribution in [2.24, 2.45) is 5.73 Å². The van der Waals surface area contributed by atoms with E-state index in [1.54, 1.807) is 11.8 Å². The molecule has 0 saturated heterocycles. The monoisotopic (exact) mass is 301 g/mol. The van der Waals surface area contributed by atoms with Crippen LogP contribution in [0.25, 0.3) is 0 Å². The average Bonchev–Trinajstić information content (AvgIpc) is 2.72. The third kappa shape index (κ3) is 3.52. The molecule has 1 atom stereocenters. The molecule has 3 rings (SSSR count). The van der Waals surface area contributed by atoms with Crippen molar-refractivity contribution < 1.29 is 9.47 Å². The predicted octanol–water partition coefficient (Wildman–Crippen LogP) is 4.02. The molecule has 2 aromatic rings. The number of fused-ring (bicyclic) bond motifs is 1. The van der Waals surface area contributed by atoms with Crippen LogP contribution < -0.4 is 15.2 Å². The highest BCUT2D eigenvalue weighted by molar-refractivity contribution is 7.99. The largest absolute Gasteiger partial charge is 0.490 e. The van der Waals surface area contributed by atoms with E-state index >= 15 is 0 Å². The quantitative estimate of drug-likeness (QED) is 0.930. The second-order valence-electron chi connectivity index (χ2n) is 5.12. The fourth-order valence-corrected chi connectivity index (χ4v) is 3.03. The third-order valence-corrected chi connectivity index (χ3v) is 4.36. The van der Waals surface area contributed by atoms with Gasteiger partial charge in [-0.05, 0) is 42.8 Å². The number of hydrogen-bond donors (Lipinski definition) is 1. The Bertz CT molecular complexity index is 611. The van der Waals surface area contributed by atoms with E-state index in [4.69, 9.17) is 15.2 Å². The van der Waals surface area contributed by atoms with E-state index in [1.807, 2.05) is 19.1 Å². The molecule has 4 heteroatoms. The van der Waals surface area contributed by atoms with Gasteiger partial charge < -0.3 is 15.2 Å². The first kappa shape index (κ1) is 14.3. The molecule has 0 aromatic heterocycles. The van der Waals surface area contributed by atoms with Gasteiger partial charge in [-0.2, -0.15) is 0 Å². The molecule has 1 aliphatic heterocycles. The smallest absolute Gasteiger partial charge is 0.162 e. The van der Waals surface area contributed by atoms with E-state index in [0.717, 1.165) is 35.0 Å². The highest BCUT2D eigenvalue weighted by Gasteiger charge is 2.11. The predicted molar refractivity (Wildman–Crippen MR) is 85.2 cm³/mol. The standard InChI is InChI=1S/C17H19NO2S/c1-12(18)13-3-5-14(6-4-13)21-15-7-8-16-17(11-15)20-10-2-9-19-16/h3-8,11-12H,2,9-10,18H2,1H3. The van der Waals surface area contributed by atoms with Crippen molar-refractivity contribution in [3.05, 3.63) is 48.0 Å². The lowest BCUT2D eigenvalue weighted by atomic mass is 10.1. The van der Waals surface area contributed by atoms with Crippen molar-refractivity contribution in [3.63, 3.8) is 0 Å². The van der Waals surface area contributed by atoms with E-state index in [0.29, 0.717) is 6.61 Å². The van der Waals surface area contributed by atoms with Crippen LogP contribution in [0.2, 0.25) is 0 Å². The summed E-state index contributed by atoms with van der Waals surface area (Å²) in [6.45, 7) is 3.42. The number of benzene rings is 2. The molecule has 0 bridgehead atoms. The van der Waals surface area contributed by atoms with E-state index in [9.17, 15) is 0 Å². The van der Waals surface area contributed by atoms with Crippen LogP contribution in [-0.4, -0.2) is 13.2 Å². The lowest BCUT2D eigenvalue weighted by Gasteiger charge is -2.10. The van der Waals surface area contributed by atoms with Crippen molar-refractivity contribution in [2.45, 2.75) is 29.2 Å². The van der Waals surface area contributed by atoms with Gasteiger partial charge in [-0.15, -0.1) is 0 Å². The van der Waals surface area contributed by atoms with Crippen molar-refractivity contribution in [1.29, 1.82) is 0 Å². The van der Waals surface area contributed by atoms with E-state index < -0.39 is 0 Å². The van der Waals surface area contributed by atoms with Gasteiger partial charge in [0.2, 0.25) is 0 Å². The highest BCUT2D eigenvalue weighted by Crippen LogP contribution is 2.36. The molecule has 21 heavy (non-hydrogen) atoms. The topological polar surface area (TPSA) is 44.5 Å².